The van der Waals surface area contributed by atoms with Gasteiger partial charge in [0.1, 0.15) is 11.8 Å². The summed E-state index contributed by atoms with van der Waals surface area (Å²) in [5, 5.41) is 3.20. The quantitative estimate of drug-likeness (QED) is 0.756. The molecule has 0 aromatic carbocycles. The summed E-state index contributed by atoms with van der Waals surface area (Å²) in [4.78, 5) is 30.7. The molecule has 5 rings (SSSR count). The Morgan fingerprint density at radius 3 is 2.87 bits per heavy atom. The molecule has 30 heavy (non-hydrogen) atoms. The minimum atomic E-state index is -0.331. The summed E-state index contributed by atoms with van der Waals surface area (Å²) in [6, 6.07) is 3.81. The number of nitrogens with one attached hydrogen (secondary N) is 1. The molecule has 4 heterocycles. The van der Waals surface area contributed by atoms with E-state index < -0.39 is 0 Å². The molecule has 1 N–H and O–H groups in total. The third-order valence-corrected chi connectivity index (χ3v) is 7.52. The van der Waals surface area contributed by atoms with Crippen LogP contribution in [0.2, 0.25) is 0 Å². The van der Waals surface area contributed by atoms with Crippen LogP contribution in [0.5, 0.6) is 0 Å². The summed E-state index contributed by atoms with van der Waals surface area (Å²) in [5.74, 6) is 1.84. The fourth-order valence-electron chi connectivity index (χ4n) is 6.21. The van der Waals surface area contributed by atoms with Crippen molar-refractivity contribution < 1.29 is 14.0 Å². The Balaban J connectivity index is 1.34. The van der Waals surface area contributed by atoms with Gasteiger partial charge < -0.3 is 14.6 Å². The third kappa shape index (κ3) is 3.94. The number of carbonyl (C=O) groups excluding carboxylic acids is 2. The number of likely N-dealkylation sites (tertiary alicyclic amines) is 1. The maximum atomic E-state index is 13.4. The number of hydrogen-bond donors (Lipinski definition) is 1. The molecule has 1 aromatic rings. The van der Waals surface area contributed by atoms with E-state index in [9.17, 15) is 9.59 Å². The maximum Gasteiger partial charge on any atom is 0.243 e. The molecule has 162 valence electrons. The highest BCUT2D eigenvalue weighted by Crippen LogP contribution is 2.42. The number of carbonyl (C=O) groups is 2. The average molecular weight is 412 g/mol. The molecule has 2 amide bonds. The van der Waals surface area contributed by atoms with Crippen LogP contribution in [0.1, 0.15) is 57.1 Å². The lowest BCUT2D eigenvalue weighted by molar-refractivity contribution is -0.160. The molecule has 6 heteroatoms. The number of nitrogens with zero attached hydrogens (tertiary/aromatic N) is 2. The molecule has 0 spiro atoms. The fourth-order valence-corrected chi connectivity index (χ4v) is 6.21. The zero-order chi connectivity index (χ0) is 20.5. The van der Waals surface area contributed by atoms with Gasteiger partial charge in [-0.05, 0) is 63.0 Å². The van der Waals surface area contributed by atoms with Crippen molar-refractivity contribution in [1.82, 2.24) is 15.1 Å². The van der Waals surface area contributed by atoms with Crippen molar-refractivity contribution in [3.63, 3.8) is 0 Å². The molecule has 3 saturated heterocycles. The van der Waals surface area contributed by atoms with E-state index in [-0.39, 0.29) is 29.8 Å². The summed E-state index contributed by atoms with van der Waals surface area (Å²) >= 11 is 0. The van der Waals surface area contributed by atoms with E-state index in [2.05, 4.69) is 16.3 Å². The number of amides is 2. The molecule has 3 fully saturated rings. The van der Waals surface area contributed by atoms with Gasteiger partial charge in [0.25, 0.3) is 0 Å². The van der Waals surface area contributed by atoms with Crippen LogP contribution < -0.4 is 5.32 Å². The first-order chi connectivity index (χ1) is 14.7. The van der Waals surface area contributed by atoms with Gasteiger partial charge in [-0.1, -0.05) is 11.6 Å². The second kappa shape index (κ2) is 8.58. The fraction of sp³-hybridized carbons (Fsp3) is 0.667. The van der Waals surface area contributed by atoms with Crippen LogP contribution in [0.3, 0.4) is 0 Å². The van der Waals surface area contributed by atoms with Gasteiger partial charge in [0.15, 0.2) is 0 Å². The molecule has 0 radical (unpaired) electrons. The lowest BCUT2D eigenvalue weighted by atomic mass is 9.71. The monoisotopic (exact) mass is 411 g/mol. The van der Waals surface area contributed by atoms with E-state index >= 15 is 0 Å². The van der Waals surface area contributed by atoms with E-state index in [1.165, 1.54) is 18.4 Å². The van der Waals surface area contributed by atoms with Crippen molar-refractivity contribution in [1.29, 1.82) is 0 Å². The van der Waals surface area contributed by atoms with Crippen LogP contribution in [0.15, 0.2) is 34.5 Å². The molecule has 4 aliphatic rings. The molecular formula is C24H33N3O3. The van der Waals surface area contributed by atoms with Gasteiger partial charge in [0, 0.05) is 38.0 Å². The summed E-state index contributed by atoms with van der Waals surface area (Å²) in [7, 11) is 0. The Hall–Kier alpha value is -2.08. The summed E-state index contributed by atoms with van der Waals surface area (Å²) in [5.41, 5.74) is 1.34. The Labute approximate surface area is 178 Å². The first kappa shape index (κ1) is 19.9. The molecule has 2 bridgehead atoms. The normalized spacial score (nSPS) is 31.8. The van der Waals surface area contributed by atoms with E-state index in [1.54, 1.807) is 6.26 Å². The van der Waals surface area contributed by atoms with Gasteiger partial charge in [0.2, 0.25) is 11.8 Å². The third-order valence-electron chi connectivity index (χ3n) is 7.52. The van der Waals surface area contributed by atoms with Crippen molar-refractivity contribution in [2.75, 3.05) is 19.6 Å². The standard InChI is InChI=1S/C24H33N3O3/c28-22-10-4-9-21-18-12-19(15-26(14-18)16-20-8-5-11-30-20)23(27(21)22)24(29)25-13-17-6-2-1-3-7-17/h5-6,8,11,18-19,21,23H,1-4,7,9-10,12-16H2,(H,25,29)/t18-,19+,21+,23-/m1/s1. The van der Waals surface area contributed by atoms with E-state index in [0.717, 1.165) is 57.5 Å². The highest BCUT2D eigenvalue weighted by atomic mass is 16.3. The number of hydrogen-bond acceptors (Lipinski definition) is 4. The van der Waals surface area contributed by atoms with Gasteiger partial charge in [0.05, 0.1) is 12.8 Å². The summed E-state index contributed by atoms with van der Waals surface area (Å²) < 4.78 is 5.57. The van der Waals surface area contributed by atoms with Crippen molar-refractivity contribution >= 4 is 11.8 Å². The largest absolute Gasteiger partial charge is 0.468 e. The molecule has 3 aliphatic heterocycles. The Bertz CT molecular complexity index is 803. The highest BCUT2D eigenvalue weighted by Gasteiger charge is 2.51. The first-order valence-corrected chi connectivity index (χ1v) is 11.7. The van der Waals surface area contributed by atoms with Crippen molar-refractivity contribution in [3.8, 4) is 0 Å². The molecule has 0 saturated carbocycles. The van der Waals surface area contributed by atoms with Crippen molar-refractivity contribution in [3.05, 3.63) is 35.8 Å². The molecule has 1 aliphatic carbocycles. The number of furan rings is 1. The minimum absolute atomic E-state index is 0.0463. The van der Waals surface area contributed by atoms with Crippen molar-refractivity contribution in [2.24, 2.45) is 11.8 Å². The Morgan fingerprint density at radius 2 is 2.07 bits per heavy atom. The van der Waals surface area contributed by atoms with Crippen LogP contribution in [-0.2, 0) is 16.1 Å². The number of piperidine rings is 3. The lowest BCUT2D eigenvalue weighted by Crippen LogP contribution is -2.68. The maximum absolute atomic E-state index is 13.4. The summed E-state index contributed by atoms with van der Waals surface area (Å²) in [6.07, 6.45) is 12.3. The van der Waals surface area contributed by atoms with Gasteiger partial charge in [-0.3, -0.25) is 14.5 Å². The predicted molar refractivity (Wildman–Crippen MR) is 113 cm³/mol. The SMILES string of the molecule is O=C(NCC1=CCCCC1)[C@H]1[C@H]2C[C@H](CN(Cc3ccco3)C2)[C@@H]2CCCC(=O)N21. The first-order valence-electron chi connectivity index (χ1n) is 11.7. The average Bonchev–Trinajstić information content (AvgIpc) is 3.27. The Morgan fingerprint density at radius 1 is 1.17 bits per heavy atom. The zero-order valence-electron chi connectivity index (χ0n) is 17.7. The van der Waals surface area contributed by atoms with Gasteiger partial charge in [-0.2, -0.15) is 0 Å². The second-order valence-electron chi connectivity index (χ2n) is 9.56. The number of rotatable bonds is 5. The predicted octanol–water partition coefficient (Wildman–Crippen LogP) is 3.10. The van der Waals surface area contributed by atoms with Crippen LogP contribution in [0.4, 0.5) is 0 Å². The van der Waals surface area contributed by atoms with Crippen LogP contribution >= 0.6 is 0 Å². The highest BCUT2D eigenvalue weighted by molar-refractivity contribution is 5.89. The van der Waals surface area contributed by atoms with Gasteiger partial charge in [-0.25, -0.2) is 0 Å². The van der Waals surface area contributed by atoms with E-state index in [0.29, 0.717) is 18.9 Å². The smallest absolute Gasteiger partial charge is 0.243 e. The zero-order valence-corrected chi connectivity index (χ0v) is 17.7. The van der Waals surface area contributed by atoms with Gasteiger partial charge >= 0.3 is 0 Å². The van der Waals surface area contributed by atoms with Crippen LogP contribution in [0, 0.1) is 11.8 Å². The molecule has 1 aromatic heterocycles. The van der Waals surface area contributed by atoms with E-state index in [4.69, 9.17) is 4.42 Å². The van der Waals surface area contributed by atoms with Crippen molar-refractivity contribution in [2.45, 2.75) is 70.0 Å². The Kier molecular flexibility index (Phi) is 5.68. The minimum Gasteiger partial charge on any atom is -0.468 e. The van der Waals surface area contributed by atoms with Crippen LogP contribution in [0.25, 0.3) is 0 Å². The molecule has 0 unspecified atom stereocenters. The molecule has 6 nitrogen and oxygen atoms in total. The lowest BCUT2D eigenvalue weighted by Gasteiger charge is -2.55. The topological polar surface area (TPSA) is 65.8 Å². The van der Waals surface area contributed by atoms with Crippen LogP contribution in [-0.4, -0.2) is 53.3 Å². The molecular weight excluding hydrogens is 378 g/mol. The number of fused-ring (bicyclic) bond motifs is 4. The van der Waals surface area contributed by atoms with Gasteiger partial charge in [-0.15, -0.1) is 0 Å². The summed E-state index contributed by atoms with van der Waals surface area (Å²) in [6.45, 7) is 3.23. The van der Waals surface area contributed by atoms with E-state index in [1.807, 2.05) is 17.0 Å². The second-order valence-corrected chi connectivity index (χ2v) is 9.56. The number of allylic oxidation sites excluding steroid dienone is 1. The molecule has 4 atom stereocenters.